The molecule has 0 aromatic carbocycles. The van der Waals surface area contributed by atoms with Gasteiger partial charge < -0.3 is 10.5 Å². The molecule has 0 radical (unpaired) electrons. The summed E-state index contributed by atoms with van der Waals surface area (Å²) in [5.41, 5.74) is 6.78. The zero-order valence-corrected chi connectivity index (χ0v) is 13.7. The second-order valence-corrected chi connectivity index (χ2v) is 8.78. The van der Waals surface area contributed by atoms with Crippen molar-refractivity contribution in [2.75, 3.05) is 18.1 Å². The van der Waals surface area contributed by atoms with Gasteiger partial charge in [-0.1, -0.05) is 20.8 Å². The lowest BCUT2D eigenvalue weighted by molar-refractivity contribution is -0.103. The smallest absolute Gasteiger partial charge is 0.0700 e. The van der Waals surface area contributed by atoms with Crippen LogP contribution in [0.3, 0.4) is 0 Å². The second-order valence-electron chi connectivity index (χ2n) is 7.55. The van der Waals surface area contributed by atoms with Crippen molar-refractivity contribution in [2.24, 2.45) is 17.1 Å². The summed E-state index contributed by atoms with van der Waals surface area (Å²) in [4.78, 5) is 0. The van der Waals surface area contributed by atoms with Gasteiger partial charge in [0, 0.05) is 12.6 Å². The van der Waals surface area contributed by atoms with Crippen molar-refractivity contribution >= 4 is 11.8 Å². The minimum atomic E-state index is 0.236. The maximum atomic E-state index is 6.30. The average molecular weight is 285 g/mol. The summed E-state index contributed by atoms with van der Waals surface area (Å²) >= 11 is 2.09. The Hall–Kier alpha value is 0.270. The first-order chi connectivity index (χ1) is 8.91. The Labute approximate surface area is 123 Å². The molecule has 0 aliphatic carbocycles. The number of nitrogens with two attached hydrogens (primary N) is 1. The molecule has 3 heteroatoms. The van der Waals surface area contributed by atoms with E-state index in [0.29, 0.717) is 6.04 Å². The van der Waals surface area contributed by atoms with Gasteiger partial charge in [0.1, 0.15) is 0 Å². The number of hydrogen-bond acceptors (Lipinski definition) is 3. The molecule has 2 heterocycles. The quantitative estimate of drug-likeness (QED) is 0.856. The van der Waals surface area contributed by atoms with E-state index >= 15 is 0 Å². The van der Waals surface area contributed by atoms with Gasteiger partial charge in [0.15, 0.2) is 0 Å². The molecule has 2 atom stereocenters. The third-order valence-electron chi connectivity index (χ3n) is 5.00. The standard InChI is InChI=1S/C16H31NOS/c1-15(2,3)14(17)5-4-13-6-9-18-16(12-13)7-10-19-11-8-16/h13-14H,4-12,17H2,1-3H3. The van der Waals surface area contributed by atoms with Crippen molar-refractivity contribution in [3.8, 4) is 0 Å². The molecular formula is C16H31NOS. The minimum absolute atomic E-state index is 0.236. The molecule has 2 N–H and O–H groups in total. The number of rotatable bonds is 3. The van der Waals surface area contributed by atoms with Gasteiger partial charge in [-0.2, -0.15) is 11.8 Å². The van der Waals surface area contributed by atoms with Gasteiger partial charge in [-0.25, -0.2) is 0 Å². The predicted molar refractivity (Wildman–Crippen MR) is 84.6 cm³/mol. The Kier molecular flexibility index (Phi) is 5.24. The maximum Gasteiger partial charge on any atom is 0.0700 e. The first-order valence-electron chi connectivity index (χ1n) is 7.89. The zero-order valence-electron chi connectivity index (χ0n) is 12.9. The van der Waals surface area contributed by atoms with Gasteiger partial charge in [0.2, 0.25) is 0 Å². The fourth-order valence-corrected chi connectivity index (χ4v) is 4.55. The van der Waals surface area contributed by atoms with Crippen LogP contribution in [0, 0.1) is 11.3 Å². The van der Waals surface area contributed by atoms with Crippen LogP contribution in [0.15, 0.2) is 0 Å². The van der Waals surface area contributed by atoms with Gasteiger partial charge in [0.25, 0.3) is 0 Å². The van der Waals surface area contributed by atoms with Crippen molar-refractivity contribution in [3.63, 3.8) is 0 Å². The van der Waals surface area contributed by atoms with E-state index in [1.807, 2.05) is 0 Å². The summed E-state index contributed by atoms with van der Waals surface area (Å²) in [6.07, 6.45) is 7.50. The third kappa shape index (κ3) is 4.37. The molecule has 0 aromatic rings. The lowest BCUT2D eigenvalue weighted by atomic mass is 9.77. The van der Waals surface area contributed by atoms with Crippen LogP contribution in [0.4, 0.5) is 0 Å². The Balaban J connectivity index is 1.81. The van der Waals surface area contributed by atoms with Crippen LogP contribution >= 0.6 is 11.8 Å². The van der Waals surface area contributed by atoms with Crippen LogP contribution in [-0.2, 0) is 4.74 Å². The first-order valence-corrected chi connectivity index (χ1v) is 9.04. The summed E-state index contributed by atoms with van der Waals surface area (Å²) < 4.78 is 6.17. The Morgan fingerprint density at radius 2 is 2.00 bits per heavy atom. The molecule has 2 nitrogen and oxygen atoms in total. The normalized spacial score (nSPS) is 29.4. The van der Waals surface area contributed by atoms with E-state index in [1.165, 1.54) is 50.0 Å². The van der Waals surface area contributed by atoms with Crippen molar-refractivity contribution in [1.82, 2.24) is 0 Å². The highest BCUT2D eigenvalue weighted by atomic mass is 32.2. The number of ether oxygens (including phenoxy) is 1. The monoisotopic (exact) mass is 285 g/mol. The molecule has 19 heavy (non-hydrogen) atoms. The molecule has 0 saturated carbocycles. The summed E-state index contributed by atoms with van der Waals surface area (Å²) in [6.45, 7) is 7.73. The number of hydrogen-bond donors (Lipinski definition) is 1. The molecule has 0 bridgehead atoms. The SMILES string of the molecule is CC(C)(C)C(N)CCC1CCOC2(CCSCC2)C1. The molecular weight excluding hydrogens is 254 g/mol. The van der Waals surface area contributed by atoms with Crippen LogP contribution in [0.25, 0.3) is 0 Å². The minimum Gasteiger partial charge on any atom is -0.375 e. The highest BCUT2D eigenvalue weighted by Gasteiger charge is 2.38. The average Bonchev–Trinajstić information content (AvgIpc) is 2.36. The van der Waals surface area contributed by atoms with Crippen LogP contribution in [0.1, 0.15) is 59.3 Å². The number of thioether (sulfide) groups is 1. The van der Waals surface area contributed by atoms with Crippen LogP contribution < -0.4 is 5.73 Å². The summed E-state index contributed by atoms with van der Waals surface area (Å²) in [5, 5.41) is 0. The van der Waals surface area contributed by atoms with E-state index in [4.69, 9.17) is 10.5 Å². The van der Waals surface area contributed by atoms with Crippen LogP contribution in [0.2, 0.25) is 0 Å². The molecule has 2 aliphatic rings. The topological polar surface area (TPSA) is 35.2 Å². The van der Waals surface area contributed by atoms with Gasteiger partial charge >= 0.3 is 0 Å². The van der Waals surface area contributed by atoms with Crippen LogP contribution in [-0.4, -0.2) is 29.8 Å². The van der Waals surface area contributed by atoms with Gasteiger partial charge in [-0.3, -0.25) is 0 Å². The highest BCUT2D eigenvalue weighted by Crippen LogP contribution is 2.41. The zero-order chi connectivity index (χ0) is 13.9. The molecule has 0 aromatic heterocycles. The predicted octanol–water partition coefficient (Wildman–Crippen LogP) is 3.83. The Morgan fingerprint density at radius 1 is 1.32 bits per heavy atom. The van der Waals surface area contributed by atoms with E-state index in [2.05, 4.69) is 32.5 Å². The van der Waals surface area contributed by atoms with E-state index < -0.39 is 0 Å². The Morgan fingerprint density at radius 3 is 2.63 bits per heavy atom. The van der Waals surface area contributed by atoms with Crippen molar-refractivity contribution in [3.05, 3.63) is 0 Å². The van der Waals surface area contributed by atoms with E-state index in [0.717, 1.165) is 12.5 Å². The summed E-state index contributed by atoms with van der Waals surface area (Å²) in [6, 6.07) is 0.327. The third-order valence-corrected chi connectivity index (χ3v) is 5.98. The van der Waals surface area contributed by atoms with Crippen molar-refractivity contribution < 1.29 is 4.74 Å². The van der Waals surface area contributed by atoms with Gasteiger partial charge in [0.05, 0.1) is 5.60 Å². The lowest BCUT2D eigenvalue weighted by Gasteiger charge is -2.43. The molecule has 2 aliphatic heterocycles. The molecule has 0 amide bonds. The second kappa shape index (κ2) is 6.36. The van der Waals surface area contributed by atoms with Crippen LogP contribution in [0.5, 0.6) is 0 Å². The van der Waals surface area contributed by atoms with E-state index in [9.17, 15) is 0 Å². The largest absolute Gasteiger partial charge is 0.375 e. The molecule has 2 unspecified atom stereocenters. The first kappa shape index (κ1) is 15.7. The molecule has 2 rings (SSSR count). The van der Waals surface area contributed by atoms with Gasteiger partial charge in [-0.05, 0) is 61.4 Å². The van der Waals surface area contributed by atoms with Gasteiger partial charge in [-0.15, -0.1) is 0 Å². The fourth-order valence-electron chi connectivity index (χ4n) is 3.32. The highest BCUT2D eigenvalue weighted by molar-refractivity contribution is 7.99. The molecule has 1 spiro atoms. The van der Waals surface area contributed by atoms with E-state index in [1.54, 1.807) is 0 Å². The Bertz CT molecular complexity index is 275. The van der Waals surface area contributed by atoms with Crippen molar-refractivity contribution in [1.29, 1.82) is 0 Å². The molecule has 112 valence electrons. The van der Waals surface area contributed by atoms with Crippen molar-refractivity contribution in [2.45, 2.75) is 70.9 Å². The summed E-state index contributed by atoms with van der Waals surface area (Å²) in [7, 11) is 0. The lowest BCUT2D eigenvalue weighted by Crippen LogP contribution is -2.43. The van der Waals surface area contributed by atoms with E-state index in [-0.39, 0.29) is 11.0 Å². The molecule has 2 fully saturated rings. The fraction of sp³-hybridized carbons (Fsp3) is 1.00. The summed E-state index contributed by atoms with van der Waals surface area (Å²) in [5.74, 6) is 3.41. The molecule has 2 saturated heterocycles. The maximum absolute atomic E-state index is 6.30.